The number of rotatable bonds is 3. The molecule has 0 bridgehead atoms. The van der Waals surface area contributed by atoms with E-state index in [9.17, 15) is 9.59 Å². The second kappa shape index (κ2) is 6.58. The van der Waals surface area contributed by atoms with Gasteiger partial charge in [-0.3, -0.25) is 9.59 Å². The van der Waals surface area contributed by atoms with Crippen molar-refractivity contribution in [3.63, 3.8) is 0 Å². The predicted molar refractivity (Wildman–Crippen MR) is 93.7 cm³/mol. The van der Waals surface area contributed by atoms with Crippen LogP contribution in [0.5, 0.6) is 0 Å². The van der Waals surface area contributed by atoms with Crippen molar-refractivity contribution in [2.75, 3.05) is 11.4 Å². The summed E-state index contributed by atoms with van der Waals surface area (Å²) in [7, 11) is 0. The van der Waals surface area contributed by atoms with Crippen LogP contribution in [0.4, 0.5) is 5.69 Å². The lowest BCUT2D eigenvalue weighted by molar-refractivity contribution is -0.126. The first kappa shape index (κ1) is 15.7. The molecule has 2 saturated carbocycles. The van der Waals surface area contributed by atoms with Gasteiger partial charge in [0.05, 0.1) is 11.8 Å². The minimum absolute atomic E-state index is 0.103. The molecule has 4 rings (SSSR count). The van der Waals surface area contributed by atoms with Crippen LogP contribution in [0.15, 0.2) is 24.3 Å². The highest BCUT2D eigenvalue weighted by molar-refractivity contribution is 6.02. The zero-order valence-electron chi connectivity index (χ0n) is 14.2. The molecule has 24 heavy (non-hydrogen) atoms. The summed E-state index contributed by atoms with van der Waals surface area (Å²) in [6.45, 7) is 0.756. The number of para-hydroxylation sites is 1. The second-order valence-corrected chi connectivity index (χ2v) is 7.51. The van der Waals surface area contributed by atoms with Crippen molar-refractivity contribution in [3.8, 4) is 0 Å². The summed E-state index contributed by atoms with van der Waals surface area (Å²) in [6, 6.07) is 8.43. The van der Waals surface area contributed by atoms with E-state index in [2.05, 4.69) is 11.4 Å². The Morgan fingerprint density at radius 2 is 1.75 bits per heavy atom. The van der Waals surface area contributed by atoms with Crippen LogP contribution in [0.3, 0.4) is 0 Å². The zero-order chi connectivity index (χ0) is 16.5. The van der Waals surface area contributed by atoms with Gasteiger partial charge < -0.3 is 10.2 Å². The van der Waals surface area contributed by atoms with Crippen LogP contribution in [-0.4, -0.2) is 24.4 Å². The van der Waals surface area contributed by atoms with Gasteiger partial charge in [-0.1, -0.05) is 43.9 Å². The standard InChI is InChI=1S/C20H26N2O2/c23-19(21-15-8-3-1-2-4-9-15)16-13-17(16)20(24)22-12-11-14-7-5-6-10-18(14)22/h5-7,10,15-17H,1-4,8-9,11-13H2,(H,21,23). The van der Waals surface area contributed by atoms with E-state index in [-0.39, 0.29) is 23.7 Å². The first-order chi connectivity index (χ1) is 11.7. The summed E-state index contributed by atoms with van der Waals surface area (Å²) in [5.74, 6) is 0.0316. The van der Waals surface area contributed by atoms with Crippen molar-refractivity contribution in [1.29, 1.82) is 0 Å². The van der Waals surface area contributed by atoms with Crippen LogP contribution in [0.2, 0.25) is 0 Å². The van der Waals surface area contributed by atoms with Gasteiger partial charge in [-0.2, -0.15) is 0 Å². The van der Waals surface area contributed by atoms with Gasteiger partial charge in [0, 0.05) is 18.3 Å². The number of fused-ring (bicyclic) bond motifs is 1. The highest BCUT2D eigenvalue weighted by Gasteiger charge is 2.50. The molecule has 4 heteroatoms. The summed E-state index contributed by atoms with van der Waals surface area (Å²) >= 11 is 0. The van der Waals surface area contributed by atoms with Gasteiger partial charge in [0.1, 0.15) is 0 Å². The molecular weight excluding hydrogens is 300 g/mol. The fraction of sp³-hybridized carbons (Fsp3) is 0.600. The van der Waals surface area contributed by atoms with Crippen LogP contribution in [0, 0.1) is 11.8 Å². The van der Waals surface area contributed by atoms with E-state index in [1.165, 1.54) is 31.2 Å². The van der Waals surface area contributed by atoms with Crippen LogP contribution in [0.1, 0.15) is 50.5 Å². The molecule has 2 atom stereocenters. The molecule has 0 radical (unpaired) electrons. The summed E-state index contributed by atoms with van der Waals surface area (Å²) in [6.07, 6.45) is 8.82. The van der Waals surface area contributed by atoms with Gasteiger partial charge in [0.2, 0.25) is 11.8 Å². The number of hydrogen-bond acceptors (Lipinski definition) is 2. The molecule has 2 amide bonds. The lowest BCUT2D eigenvalue weighted by atomic mass is 10.1. The van der Waals surface area contributed by atoms with E-state index < -0.39 is 0 Å². The first-order valence-corrected chi connectivity index (χ1v) is 9.43. The molecule has 2 fully saturated rings. The van der Waals surface area contributed by atoms with Gasteiger partial charge in [0.25, 0.3) is 0 Å². The SMILES string of the molecule is O=C(NC1CCCCCC1)C1CC1C(=O)N1CCc2ccccc21. The van der Waals surface area contributed by atoms with Crippen molar-refractivity contribution in [3.05, 3.63) is 29.8 Å². The molecule has 0 saturated heterocycles. The fourth-order valence-corrected chi connectivity index (χ4v) is 4.26. The van der Waals surface area contributed by atoms with Crippen molar-refractivity contribution < 1.29 is 9.59 Å². The summed E-state index contributed by atoms with van der Waals surface area (Å²) in [4.78, 5) is 27.1. The Kier molecular flexibility index (Phi) is 4.30. The topological polar surface area (TPSA) is 49.4 Å². The number of benzene rings is 1. The van der Waals surface area contributed by atoms with Gasteiger partial charge in [-0.15, -0.1) is 0 Å². The fourth-order valence-electron chi connectivity index (χ4n) is 4.26. The van der Waals surface area contributed by atoms with E-state index in [1.54, 1.807) is 0 Å². The van der Waals surface area contributed by atoms with Gasteiger partial charge in [-0.05, 0) is 37.3 Å². The maximum absolute atomic E-state index is 12.8. The minimum Gasteiger partial charge on any atom is -0.353 e. The molecule has 0 aromatic heterocycles. The zero-order valence-corrected chi connectivity index (χ0v) is 14.2. The third kappa shape index (κ3) is 3.06. The molecule has 1 N–H and O–H groups in total. The Hall–Kier alpha value is -1.84. The van der Waals surface area contributed by atoms with Crippen molar-refractivity contribution >= 4 is 17.5 Å². The van der Waals surface area contributed by atoms with Crippen molar-refractivity contribution in [2.24, 2.45) is 11.8 Å². The Bertz CT molecular complexity index is 634. The Balaban J connectivity index is 1.34. The van der Waals surface area contributed by atoms with Crippen molar-refractivity contribution in [2.45, 2.75) is 57.4 Å². The smallest absolute Gasteiger partial charge is 0.230 e. The van der Waals surface area contributed by atoms with E-state index in [0.717, 1.165) is 37.9 Å². The van der Waals surface area contributed by atoms with Crippen molar-refractivity contribution in [1.82, 2.24) is 5.32 Å². The van der Waals surface area contributed by atoms with Crippen LogP contribution in [0.25, 0.3) is 0 Å². The molecule has 1 aromatic rings. The molecule has 1 heterocycles. The number of hydrogen-bond donors (Lipinski definition) is 1. The minimum atomic E-state index is -0.109. The first-order valence-electron chi connectivity index (χ1n) is 9.43. The molecular formula is C20H26N2O2. The normalized spacial score (nSPS) is 26.6. The highest BCUT2D eigenvalue weighted by Crippen LogP contribution is 2.42. The molecule has 3 aliphatic rings. The number of carbonyl (C=O) groups is 2. The van der Waals surface area contributed by atoms with Gasteiger partial charge in [-0.25, -0.2) is 0 Å². The maximum atomic E-state index is 12.8. The summed E-state index contributed by atoms with van der Waals surface area (Å²) in [5.41, 5.74) is 2.28. The number of nitrogens with zero attached hydrogens (tertiary/aromatic N) is 1. The average molecular weight is 326 g/mol. The maximum Gasteiger partial charge on any atom is 0.230 e. The summed E-state index contributed by atoms with van der Waals surface area (Å²) < 4.78 is 0. The Morgan fingerprint density at radius 1 is 1.00 bits per heavy atom. The lowest BCUT2D eigenvalue weighted by Crippen LogP contribution is -2.37. The Morgan fingerprint density at radius 3 is 2.54 bits per heavy atom. The average Bonchev–Trinajstić information content (AvgIpc) is 3.34. The van der Waals surface area contributed by atoms with E-state index in [4.69, 9.17) is 0 Å². The molecule has 2 aliphatic carbocycles. The molecule has 1 aliphatic heterocycles. The third-order valence-electron chi connectivity index (χ3n) is 5.80. The van der Waals surface area contributed by atoms with Crippen LogP contribution in [-0.2, 0) is 16.0 Å². The lowest BCUT2D eigenvalue weighted by Gasteiger charge is -2.18. The van der Waals surface area contributed by atoms with Gasteiger partial charge in [0.15, 0.2) is 0 Å². The molecule has 1 aromatic carbocycles. The molecule has 128 valence electrons. The third-order valence-corrected chi connectivity index (χ3v) is 5.80. The molecule has 4 nitrogen and oxygen atoms in total. The number of amides is 2. The van der Waals surface area contributed by atoms with E-state index >= 15 is 0 Å². The second-order valence-electron chi connectivity index (χ2n) is 7.51. The number of carbonyl (C=O) groups excluding carboxylic acids is 2. The summed E-state index contributed by atoms with van der Waals surface area (Å²) in [5, 5.41) is 3.21. The van der Waals surface area contributed by atoms with Gasteiger partial charge >= 0.3 is 0 Å². The molecule has 2 unspecified atom stereocenters. The van der Waals surface area contributed by atoms with Crippen LogP contribution >= 0.6 is 0 Å². The largest absolute Gasteiger partial charge is 0.353 e. The predicted octanol–water partition coefficient (Wildman–Crippen LogP) is 3.05. The highest BCUT2D eigenvalue weighted by atomic mass is 16.2. The Labute approximate surface area is 143 Å². The molecule has 0 spiro atoms. The number of nitrogens with one attached hydrogen (secondary N) is 1. The van der Waals surface area contributed by atoms with E-state index in [1.807, 2.05) is 23.1 Å². The number of anilines is 1. The quantitative estimate of drug-likeness (QED) is 0.868. The van der Waals surface area contributed by atoms with Crippen LogP contribution < -0.4 is 10.2 Å². The van der Waals surface area contributed by atoms with E-state index in [0.29, 0.717) is 6.04 Å². The monoisotopic (exact) mass is 326 g/mol.